The average Bonchev–Trinajstić information content (AvgIpc) is 2.78. The number of nitrogens with zero attached hydrogens (tertiary/aromatic N) is 3. The summed E-state index contributed by atoms with van der Waals surface area (Å²) in [6.45, 7) is 0.774. The van der Waals surface area contributed by atoms with Gasteiger partial charge in [-0.15, -0.1) is 0 Å². The van der Waals surface area contributed by atoms with E-state index in [4.69, 9.17) is 15.6 Å². The number of aliphatic hydroxyl groups excluding tert-OH is 1. The summed E-state index contributed by atoms with van der Waals surface area (Å²) in [6.07, 6.45) is 1.22. The molecule has 2 aromatic heterocycles. The van der Waals surface area contributed by atoms with E-state index in [1.54, 1.807) is 4.57 Å². The summed E-state index contributed by atoms with van der Waals surface area (Å²) in [5.41, 5.74) is 5.77. The summed E-state index contributed by atoms with van der Waals surface area (Å²) < 4.78 is 6.67. The molecule has 19 heavy (non-hydrogen) atoms. The van der Waals surface area contributed by atoms with Gasteiger partial charge >= 0.3 is 0 Å². The van der Waals surface area contributed by atoms with Crippen LogP contribution in [0.1, 0.15) is 0 Å². The smallest absolute Gasteiger partial charge is 0.280 e. The predicted octanol–water partition coefficient (Wildman–Crippen LogP) is -1.74. The van der Waals surface area contributed by atoms with Crippen molar-refractivity contribution < 1.29 is 9.84 Å². The van der Waals surface area contributed by atoms with Crippen molar-refractivity contribution in [3.8, 4) is 0 Å². The molecule has 0 saturated carbocycles. The summed E-state index contributed by atoms with van der Waals surface area (Å²) in [5.74, 6) is 0.0457. The van der Waals surface area contributed by atoms with Crippen LogP contribution in [0.25, 0.3) is 11.2 Å². The number of anilines is 1. The quantitative estimate of drug-likeness (QED) is 0.489. The monoisotopic (exact) mass is 268 g/mol. The van der Waals surface area contributed by atoms with E-state index in [-0.39, 0.29) is 29.7 Å². The normalized spacial score (nSPS) is 12.9. The number of H-pyrrole nitrogens is 1. The zero-order valence-electron chi connectivity index (χ0n) is 10.5. The molecule has 2 aromatic rings. The van der Waals surface area contributed by atoms with E-state index in [2.05, 4.69) is 20.3 Å². The Bertz CT molecular complexity index is 603. The Morgan fingerprint density at radius 3 is 3.16 bits per heavy atom. The molecule has 0 aliphatic carbocycles. The van der Waals surface area contributed by atoms with Crippen molar-refractivity contribution in [2.45, 2.75) is 12.8 Å². The highest BCUT2D eigenvalue weighted by atomic mass is 16.5. The molecule has 1 atom stereocenters. The van der Waals surface area contributed by atoms with E-state index < -0.39 is 0 Å². The number of nitrogens with two attached hydrogens (primary N) is 1. The van der Waals surface area contributed by atoms with Crippen molar-refractivity contribution in [3.05, 3.63) is 16.7 Å². The van der Waals surface area contributed by atoms with E-state index in [1.165, 1.54) is 13.4 Å². The number of nitrogen functional groups attached to an aromatic ring is 1. The first-order valence-electron chi connectivity index (χ1n) is 5.70. The molecule has 0 aromatic carbocycles. The first-order chi connectivity index (χ1) is 9.15. The van der Waals surface area contributed by atoms with Crippen molar-refractivity contribution in [3.63, 3.8) is 0 Å². The molecule has 0 fully saturated rings. The lowest BCUT2D eigenvalue weighted by Gasteiger charge is -2.13. The molecule has 2 rings (SSSR count). The Labute approximate surface area is 108 Å². The molecule has 0 radical (unpaired) electrons. The Morgan fingerprint density at radius 1 is 1.68 bits per heavy atom. The van der Waals surface area contributed by atoms with Crippen LogP contribution in [0.2, 0.25) is 0 Å². The van der Waals surface area contributed by atoms with Crippen molar-refractivity contribution in [1.82, 2.24) is 24.8 Å². The number of aromatic nitrogens is 4. The van der Waals surface area contributed by atoms with E-state index in [1.807, 2.05) is 0 Å². The van der Waals surface area contributed by atoms with Gasteiger partial charge in [-0.2, -0.15) is 4.98 Å². The lowest BCUT2D eigenvalue weighted by atomic mass is 10.4. The molecule has 2 heterocycles. The van der Waals surface area contributed by atoms with Crippen molar-refractivity contribution >= 4 is 17.1 Å². The molecule has 9 heteroatoms. The molecular formula is C10H16N6O3. The van der Waals surface area contributed by atoms with E-state index in [9.17, 15) is 4.79 Å². The number of ether oxygens (including phenoxy) is 1. The van der Waals surface area contributed by atoms with E-state index in [0.717, 1.165) is 0 Å². The van der Waals surface area contributed by atoms with Gasteiger partial charge < -0.3 is 20.1 Å². The van der Waals surface area contributed by atoms with Crippen LogP contribution in [0.4, 0.5) is 5.95 Å². The van der Waals surface area contributed by atoms with Crippen LogP contribution in [0.3, 0.4) is 0 Å². The maximum atomic E-state index is 11.6. The topological polar surface area (TPSA) is 131 Å². The van der Waals surface area contributed by atoms with Crippen LogP contribution in [0, 0.1) is 0 Å². The van der Waals surface area contributed by atoms with Crippen LogP contribution < -0.4 is 16.6 Å². The largest absolute Gasteiger partial charge is 0.394 e. The predicted molar refractivity (Wildman–Crippen MR) is 68.4 cm³/mol. The number of aromatic amines is 1. The Hall–Kier alpha value is -1.97. The molecule has 0 saturated heterocycles. The van der Waals surface area contributed by atoms with Crippen molar-refractivity contribution in [1.29, 1.82) is 0 Å². The molecule has 0 unspecified atom stereocenters. The maximum absolute atomic E-state index is 11.6. The second kappa shape index (κ2) is 5.78. The fourth-order valence-corrected chi connectivity index (χ4v) is 1.65. The molecule has 0 aliphatic rings. The third-order valence-electron chi connectivity index (χ3n) is 2.68. The highest BCUT2D eigenvalue weighted by Gasteiger charge is 2.09. The van der Waals surface area contributed by atoms with Crippen LogP contribution >= 0.6 is 0 Å². The van der Waals surface area contributed by atoms with Crippen LogP contribution in [0.5, 0.6) is 0 Å². The number of fused-ring (bicyclic) bond motifs is 1. The fraction of sp³-hybridized carbons (Fsp3) is 0.500. The van der Waals surface area contributed by atoms with Crippen molar-refractivity contribution in [2.24, 2.45) is 0 Å². The lowest BCUT2D eigenvalue weighted by Crippen LogP contribution is -2.32. The molecule has 104 valence electrons. The first kappa shape index (κ1) is 13.5. The number of nitrogens with one attached hydrogen (secondary N) is 2. The molecule has 0 spiro atoms. The minimum absolute atomic E-state index is 0.0457. The molecule has 0 aliphatic heterocycles. The first-order valence-corrected chi connectivity index (χ1v) is 5.70. The molecule has 5 N–H and O–H groups in total. The average molecular weight is 268 g/mol. The summed E-state index contributed by atoms with van der Waals surface area (Å²) >= 11 is 0. The van der Waals surface area contributed by atoms with Gasteiger partial charge in [0.15, 0.2) is 11.2 Å². The van der Waals surface area contributed by atoms with Gasteiger partial charge in [0, 0.05) is 13.7 Å². The minimum Gasteiger partial charge on any atom is -0.394 e. The third kappa shape index (κ3) is 2.89. The highest BCUT2D eigenvalue weighted by molar-refractivity contribution is 5.70. The number of imidazole rings is 1. The van der Waals surface area contributed by atoms with Crippen molar-refractivity contribution in [2.75, 3.05) is 26.0 Å². The number of rotatable bonds is 6. The Kier molecular flexibility index (Phi) is 4.10. The van der Waals surface area contributed by atoms with Crippen LogP contribution in [-0.2, 0) is 11.4 Å². The summed E-state index contributed by atoms with van der Waals surface area (Å²) in [6, 6.07) is 0. The lowest BCUT2D eigenvalue weighted by molar-refractivity contribution is 0.0480. The zero-order chi connectivity index (χ0) is 13.8. The summed E-state index contributed by atoms with van der Waals surface area (Å²) in [7, 11) is 1.52. The van der Waals surface area contributed by atoms with Gasteiger partial charge in [0.2, 0.25) is 5.95 Å². The number of aliphatic hydroxyl groups is 1. The third-order valence-corrected chi connectivity index (χ3v) is 2.68. The zero-order valence-corrected chi connectivity index (χ0v) is 10.5. The number of methoxy groups -OCH3 is 1. The fourth-order valence-electron chi connectivity index (χ4n) is 1.65. The Morgan fingerprint density at radius 2 is 2.47 bits per heavy atom. The van der Waals surface area contributed by atoms with Gasteiger partial charge in [-0.1, -0.05) is 0 Å². The molecular weight excluding hydrogens is 252 g/mol. The summed E-state index contributed by atoms with van der Waals surface area (Å²) in [5, 5.41) is 12.0. The Balaban J connectivity index is 2.11. The number of hydrogen-bond donors (Lipinski definition) is 4. The summed E-state index contributed by atoms with van der Waals surface area (Å²) in [4.78, 5) is 22.0. The van der Waals surface area contributed by atoms with Gasteiger partial charge in [0.05, 0.1) is 25.7 Å². The van der Waals surface area contributed by atoms with E-state index in [0.29, 0.717) is 18.9 Å². The van der Waals surface area contributed by atoms with Gasteiger partial charge in [-0.25, -0.2) is 4.98 Å². The maximum Gasteiger partial charge on any atom is 0.280 e. The van der Waals surface area contributed by atoms with Crippen LogP contribution in [0.15, 0.2) is 11.1 Å². The van der Waals surface area contributed by atoms with E-state index >= 15 is 0 Å². The molecule has 0 amide bonds. The SMILES string of the molecule is CO[C@@H](CO)CNCn1cnc2c(=O)[nH]c(N)nc21. The molecule has 9 nitrogen and oxygen atoms in total. The second-order valence-electron chi connectivity index (χ2n) is 3.99. The van der Waals surface area contributed by atoms with Gasteiger partial charge in [-0.3, -0.25) is 15.1 Å². The van der Waals surface area contributed by atoms with Gasteiger partial charge in [0.25, 0.3) is 5.56 Å². The second-order valence-corrected chi connectivity index (χ2v) is 3.99. The standard InChI is InChI=1S/C10H16N6O3/c1-19-6(3-17)2-12-4-16-5-13-7-8(16)14-10(11)15-9(7)18/h5-6,12,17H,2-4H2,1H3,(H3,11,14,15,18)/t6-/m1/s1. The minimum atomic E-state index is -0.369. The van der Waals surface area contributed by atoms with Gasteiger partial charge in [0.1, 0.15) is 0 Å². The molecule has 0 bridgehead atoms. The highest BCUT2D eigenvalue weighted by Crippen LogP contribution is 2.05. The number of hydrogen-bond acceptors (Lipinski definition) is 7. The van der Waals surface area contributed by atoms with Crippen LogP contribution in [-0.4, -0.2) is 51.0 Å². The van der Waals surface area contributed by atoms with Gasteiger partial charge in [-0.05, 0) is 0 Å².